The number of rotatable bonds is 0. The summed E-state index contributed by atoms with van der Waals surface area (Å²) < 4.78 is 0.137. The molecule has 0 fully saturated rings. The van der Waals surface area contributed by atoms with Crippen LogP contribution in [-0.4, -0.2) is 0 Å². The maximum absolute atomic E-state index is 11.0. The summed E-state index contributed by atoms with van der Waals surface area (Å²) >= 11 is 1.24. The fourth-order valence-corrected chi connectivity index (χ4v) is 1.39. The Morgan fingerprint density at radius 1 is 1.36 bits per heavy atom. The van der Waals surface area contributed by atoms with Crippen molar-refractivity contribution in [3.8, 4) is 0 Å². The van der Waals surface area contributed by atoms with E-state index in [1.54, 1.807) is 6.07 Å². The van der Waals surface area contributed by atoms with E-state index in [0.717, 1.165) is 5.56 Å². The topological polar surface area (TPSA) is 17.1 Å². The number of hydrogen-bond acceptors (Lipinski definition) is 2. The second-order valence-electron chi connectivity index (χ2n) is 3.59. The average Bonchev–Trinajstić information content (AvgIpc) is 1.86. The van der Waals surface area contributed by atoms with E-state index in [9.17, 15) is 4.79 Å². The molecule has 0 atom stereocenters. The first kappa shape index (κ1) is 8.47. The highest BCUT2D eigenvalue weighted by atomic mass is 32.1. The van der Waals surface area contributed by atoms with Crippen molar-refractivity contribution in [3.05, 3.63) is 32.6 Å². The summed E-state index contributed by atoms with van der Waals surface area (Å²) in [6, 6.07) is 3.72. The van der Waals surface area contributed by atoms with Gasteiger partial charge >= 0.3 is 0 Å². The first-order valence-corrected chi connectivity index (χ1v) is 4.47. The molecule has 0 aliphatic rings. The van der Waals surface area contributed by atoms with E-state index >= 15 is 0 Å². The van der Waals surface area contributed by atoms with Gasteiger partial charge in [-0.15, -0.1) is 11.3 Å². The smallest absolute Gasteiger partial charge is 0.232 e. The minimum absolute atomic E-state index is 0.0904. The molecule has 2 heteroatoms. The van der Waals surface area contributed by atoms with E-state index in [1.165, 1.54) is 11.3 Å². The Labute approximate surface area is 70.7 Å². The van der Waals surface area contributed by atoms with E-state index in [-0.39, 0.29) is 10.2 Å². The fraction of sp³-hybridized carbons (Fsp3) is 0.444. The molecule has 1 rings (SSSR count). The van der Waals surface area contributed by atoms with Crippen molar-refractivity contribution in [3.63, 3.8) is 0 Å². The molecule has 0 saturated carbocycles. The molecule has 0 aromatic carbocycles. The average molecular weight is 168 g/mol. The standard InChI is InChI=1S/C9H12OS/c1-9(2,3)7-4-5-11-8(10)6-7/h4-6H,1-3H3. The van der Waals surface area contributed by atoms with Crippen LogP contribution >= 0.6 is 11.3 Å². The highest BCUT2D eigenvalue weighted by Gasteiger charge is 2.12. The van der Waals surface area contributed by atoms with Gasteiger partial charge in [0.25, 0.3) is 0 Å². The highest BCUT2D eigenvalue weighted by molar-refractivity contribution is 7.07. The highest BCUT2D eigenvalue weighted by Crippen LogP contribution is 2.20. The number of hydrogen-bond donors (Lipinski definition) is 0. The van der Waals surface area contributed by atoms with Gasteiger partial charge in [0, 0.05) is 0 Å². The van der Waals surface area contributed by atoms with Crippen LogP contribution in [0.1, 0.15) is 26.3 Å². The summed E-state index contributed by atoms with van der Waals surface area (Å²) in [6.07, 6.45) is 0. The van der Waals surface area contributed by atoms with Gasteiger partial charge in [-0.1, -0.05) is 20.8 Å². The summed E-state index contributed by atoms with van der Waals surface area (Å²) in [5.41, 5.74) is 1.20. The lowest BCUT2D eigenvalue weighted by Crippen LogP contribution is -2.12. The summed E-state index contributed by atoms with van der Waals surface area (Å²) in [7, 11) is 0. The maximum atomic E-state index is 11.0. The minimum Gasteiger partial charge on any atom is -0.278 e. The van der Waals surface area contributed by atoms with Crippen LogP contribution in [-0.2, 0) is 5.41 Å². The van der Waals surface area contributed by atoms with Gasteiger partial charge in [-0.3, -0.25) is 4.79 Å². The van der Waals surface area contributed by atoms with Crippen molar-refractivity contribution < 1.29 is 0 Å². The van der Waals surface area contributed by atoms with Crippen LogP contribution in [0.3, 0.4) is 0 Å². The van der Waals surface area contributed by atoms with Crippen molar-refractivity contribution in [2.75, 3.05) is 0 Å². The minimum atomic E-state index is 0.0904. The zero-order valence-corrected chi connectivity index (χ0v) is 7.87. The van der Waals surface area contributed by atoms with Gasteiger partial charge in [-0.25, -0.2) is 0 Å². The molecule has 60 valence electrons. The van der Waals surface area contributed by atoms with Gasteiger partial charge in [-0.2, -0.15) is 0 Å². The Bertz CT molecular complexity index is 293. The third kappa shape index (κ3) is 2.15. The van der Waals surface area contributed by atoms with E-state index < -0.39 is 0 Å². The van der Waals surface area contributed by atoms with E-state index in [4.69, 9.17) is 0 Å². The lowest BCUT2D eigenvalue weighted by molar-refractivity contribution is 0.590. The van der Waals surface area contributed by atoms with Crippen molar-refractivity contribution in [1.82, 2.24) is 0 Å². The summed E-state index contributed by atoms with van der Waals surface area (Å²) in [5.74, 6) is 0. The van der Waals surface area contributed by atoms with Crippen LogP contribution in [0.4, 0.5) is 0 Å². The monoisotopic (exact) mass is 168 g/mol. The predicted octanol–water partition coefficient (Wildman–Crippen LogP) is 2.41. The molecule has 0 saturated heterocycles. The SMILES string of the molecule is CC(C)(C)c1ccsc(=O)c1. The second kappa shape index (κ2) is 2.78. The van der Waals surface area contributed by atoms with Crippen molar-refractivity contribution in [2.24, 2.45) is 0 Å². The predicted molar refractivity (Wildman–Crippen MR) is 49.3 cm³/mol. The molecule has 0 aliphatic carbocycles. The molecule has 1 aromatic rings. The zero-order valence-electron chi connectivity index (χ0n) is 7.05. The summed E-state index contributed by atoms with van der Waals surface area (Å²) in [4.78, 5) is 11.0. The van der Waals surface area contributed by atoms with Gasteiger partial charge in [0.05, 0.1) is 0 Å². The fourth-order valence-electron chi connectivity index (χ4n) is 0.850. The molecule has 1 nitrogen and oxygen atoms in total. The van der Waals surface area contributed by atoms with Gasteiger partial charge in [0.1, 0.15) is 0 Å². The van der Waals surface area contributed by atoms with E-state index in [2.05, 4.69) is 20.8 Å². The molecule has 0 amide bonds. The lowest BCUT2D eigenvalue weighted by atomic mass is 9.88. The summed E-state index contributed by atoms with van der Waals surface area (Å²) in [6.45, 7) is 6.31. The Balaban J connectivity index is 3.16. The van der Waals surface area contributed by atoms with Crippen LogP contribution < -0.4 is 4.74 Å². The Morgan fingerprint density at radius 3 is 2.36 bits per heavy atom. The maximum Gasteiger partial charge on any atom is 0.232 e. The Kier molecular flexibility index (Phi) is 2.14. The van der Waals surface area contributed by atoms with Crippen LogP contribution in [0.25, 0.3) is 0 Å². The molecular weight excluding hydrogens is 156 g/mol. The quantitative estimate of drug-likeness (QED) is 0.581. The van der Waals surface area contributed by atoms with Crippen LogP contribution in [0, 0.1) is 0 Å². The third-order valence-corrected chi connectivity index (χ3v) is 2.19. The van der Waals surface area contributed by atoms with E-state index in [0.29, 0.717) is 0 Å². The largest absolute Gasteiger partial charge is 0.278 e. The molecule has 0 aliphatic heterocycles. The molecule has 0 bridgehead atoms. The molecule has 1 heterocycles. The molecule has 0 N–H and O–H groups in total. The molecule has 0 radical (unpaired) electrons. The van der Waals surface area contributed by atoms with Gasteiger partial charge < -0.3 is 0 Å². The molecule has 11 heavy (non-hydrogen) atoms. The Hall–Kier alpha value is -0.630. The summed E-state index contributed by atoms with van der Waals surface area (Å²) in [5, 5.41) is 1.85. The van der Waals surface area contributed by atoms with Gasteiger partial charge in [-0.05, 0) is 28.5 Å². The normalized spacial score (nSPS) is 11.5. The van der Waals surface area contributed by atoms with Crippen molar-refractivity contribution in [1.29, 1.82) is 0 Å². The van der Waals surface area contributed by atoms with E-state index in [1.807, 2.05) is 11.4 Å². The van der Waals surface area contributed by atoms with Crippen LogP contribution in [0.2, 0.25) is 0 Å². The van der Waals surface area contributed by atoms with Gasteiger partial charge in [0.2, 0.25) is 4.74 Å². The Morgan fingerprint density at radius 2 is 2.00 bits per heavy atom. The van der Waals surface area contributed by atoms with Crippen LogP contribution in [0.5, 0.6) is 0 Å². The molecule has 1 aromatic heterocycles. The first-order valence-electron chi connectivity index (χ1n) is 3.59. The van der Waals surface area contributed by atoms with Crippen molar-refractivity contribution >= 4 is 11.3 Å². The second-order valence-corrected chi connectivity index (χ2v) is 4.50. The molecule has 0 spiro atoms. The first-order chi connectivity index (χ1) is 5.00. The zero-order chi connectivity index (χ0) is 8.48. The molecular formula is C9H12OS. The van der Waals surface area contributed by atoms with Crippen LogP contribution in [0.15, 0.2) is 22.3 Å². The van der Waals surface area contributed by atoms with Crippen molar-refractivity contribution in [2.45, 2.75) is 26.2 Å². The van der Waals surface area contributed by atoms with Gasteiger partial charge in [0.15, 0.2) is 0 Å². The lowest BCUT2D eigenvalue weighted by Gasteiger charge is -2.17. The molecule has 0 unspecified atom stereocenters. The third-order valence-electron chi connectivity index (χ3n) is 1.57.